The van der Waals surface area contributed by atoms with Gasteiger partial charge in [0.05, 0.1) is 5.02 Å². The number of benzene rings is 3. The van der Waals surface area contributed by atoms with Crippen LogP contribution in [0.5, 0.6) is 5.75 Å². The zero-order valence-corrected chi connectivity index (χ0v) is 24.1. The van der Waals surface area contributed by atoms with Crippen LogP contribution in [0, 0.1) is 0 Å². The molecule has 0 aliphatic rings. The van der Waals surface area contributed by atoms with Crippen LogP contribution in [-0.4, -0.2) is 35.4 Å². The molecule has 1 N–H and O–H groups in total. The minimum absolute atomic E-state index is 0.0172. The molecule has 0 unspecified atom stereocenters. The van der Waals surface area contributed by atoms with Gasteiger partial charge >= 0.3 is 0 Å². The van der Waals surface area contributed by atoms with Crippen LogP contribution in [0.4, 0.5) is 0 Å². The van der Waals surface area contributed by atoms with Gasteiger partial charge in [-0.05, 0) is 54.8 Å². The Kier molecular flexibility index (Phi) is 10.8. The lowest BCUT2D eigenvalue weighted by Gasteiger charge is -2.32. The second-order valence-electron chi connectivity index (χ2n) is 8.54. The first-order valence-electron chi connectivity index (χ1n) is 11.7. The van der Waals surface area contributed by atoms with E-state index in [1.807, 2.05) is 68.4 Å². The molecule has 36 heavy (non-hydrogen) atoms. The van der Waals surface area contributed by atoms with Crippen molar-refractivity contribution < 1.29 is 14.3 Å². The van der Waals surface area contributed by atoms with E-state index in [-0.39, 0.29) is 31.0 Å². The van der Waals surface area contributed by atoms with Gasteiger partial charge < -0.3 is 15.0 Å². The Morgan fingerprint density at radius 3 is 2.33 bits per heavy atom. The van der Waals surface area contributed by atoms with Crippen molar-refractivity contribution in [2.45, 2.75) is 45.3 Å². The van der Waals surface area contributed by atoms with Gasteiger partial charge in [0.2, 0.25) is 5.91 Å². The summed E-state index contributed by atoms with van der Waals surface area (Å²) in [6, 6.07) is 21.9. The average molecular weight is 637 g/mol. The van der Waals surface area contributed by atoms with Crippen LogP contribution in [0.15, 0.2) is 81.7 Å². The van der Waals surface area contributed by atoms with Crippen molar-refractivity contribution in [2.75, 3.05) is 6.61 Å². The smallest absolute Gasteiger partial charge is 0.261 e. The van der Waals surface area contributed by atoms with Gasteiger partial charge in [0, 0.05) is 28.0 Å². The molecule has 0 saturated heterocycles. The number of rotatable bonds is 11. The van der Waals surface area contributed by atoms with E-state index in [1.165, 1.54) is 0 Å². The Morgan fingerprint density at radius 1 is 0.972 bits per heavy atom. The molecule has 3 rings (SSSR count). The third kappa shape index (κ3) is 8.36. The van der Waals surface area contributed by atoms with E-state index >= 15 is 0 Å². The maximum Gasteiger partial charge on any atom is 0.261 e. The molecule has 0 fully saturated rings. The monoisotopic (exact) mass is 634 g/mol. The van der Waals surface area contributed by atoms with Crippen LogP contribution < -0.4 is 10.1 Å². The molecular formula is C28H29Br2ClN2O3. The van der Waals surface area contributed by atoms with Gasteiger partial charge in [0.15, 0.2) is 6.61 Å². The zero-order chi connectivity index (χ0) is 26.1. The van der Waals surface area contributed by atoms with E-state index in [0.717, 1.165) is 26.5 Å². The number of amides is 2. The van der Waals surface area contributed by atoms with E-state index in [0.29, 0.717) is 17.2 Å². The Bertz CT molecular complexity index is 1180. The molecule has 0 aliphatic heterocycles. The standard InChI is InChI=1S/C28H29Br2ClN2O3/c1-3-19(2)32-28(35)25(15-20-8-5-4-6-9-20)33(17-21-10-7-11-22(29)14-21)27(34)18-36-26-13-12-23(30)16-24(26)31/h4-14,16,19,25H,3,15,17-18H2,1-2H3,(H,32,35)/t19-,25-/m1/s1. The molecule has 0 saturated carbocycles. The van der Waals surface area contributed by atoms with Crippen LogP contribution in [0.25, 0.3) is 0 Å². The Morgan fingerprint density at radius 2 is 1.67 bits per heavy atom. The predicted molar refractivity (Wildman–Crippen MR) is 151 cm³/mol. The van der Waals surface area contributed by atoms with Crippen LogP contribution in [0.2, 0.25) is 5.02 Å². The highest BCUT2D eigenvalue weighted by atomic mass is 79.9. The fourth-order valence-electron chi connectivity index (χ4n) is 3.64. The van der Waals surface area contributed by atoms with E-state index in [2.05, 4.69) is 37.2 Å². The second-order valence-corrected chi connectivity index (χ2v) is 10.8. The third-order valence-corrected chi connectivity index (χ3v) is 7.04. The lowest BCUT2D eigenvalue weighted by atomic mass is 10.0. The molecule has 2 amide bonds. The number of nitrogens with one attached hydrogen (secondary N) is 1. The summed E-state index contributed by atoms with van der Waals surface area (Å²) in [4.78, 5) is 28.7. The van der Waals surface area contributed by atoms with Crippen molar-refractivity contribution in [1.29, 1.82) is 0 Å². The third-order valence-electron chi connectivity index (χ3n) is 5.76. The first kappa shape index (κ1) is 28.2. The quantitative estimate of drug-likeness (QED) is 0.252. The number of carbonyl (C=O) groups is 2. The van der Waals surface area contributed by atoms with Gasteiger partial charge in [-0.3, -0.25) is 9.59 Å². The van der Waals surface area contributed by atoms with Crippen LogP contribution in [0.1, 0.15) is 31.4 Å². The normalized spacial score (nSPS) is 12.5. The molecular weight excluding hydrogens is 608 g/mol. The summed E-state index contributed by atoms with van der Waals surface area (Å²) in [5.41, 5.74) is 1.86. The molecule has 3 aromatic carbocycles. The molecule has 0 aliphatic carbocycles. The molecule has 0 heterocycles. The van der Waals surface area contributed by atoms with Gasteiger partial charge in [0.25, 0.3) is 5.91 Å². The van der Waals surface area contributed by atoms with Crippen LogP contribution in [-0.2, 0) is 22.6 Å². The fraction of sp³-hybridized carbons (Fsp3) is 0.286. The van der Waals surface area contributed by atoms with Gasteiger partial charge in [-0.2, -0.15) is 0 Å². The van der Waals surface area contributed by atoms with Gasteiger partial charge in [-0.15, -0.1) is 0 Å². The van der Waals surface area contributed by atoms with E-state index in [9.17, 15) is 9.59 Å². The molecule has 8 heteroatoms. The first-order valence-corrected chi connectivity index (χ1v) is 13.7. The first-order chi connectivity index (χ1) is 17.3. The van der Waals surface area contributed by atoms with Crippen molar-refractivity contribution in [3.8, 4) is 5.75 Å². The van der Waals surface area contributed by atoms with Crippen molar-refractivity contribution in [3.05, 3.63) is 97.9 Å². The summed E-state index contributed by atoms with van der Waals surface area (Å²) < 4.78 is 7.50. The lowest BCUT2D eigenvalue weighted by Crippen LogP contribution is -2.53. The Balaban J connectivity index is 1.92. The molecule has 3 aromatic rings. The summed E-state index contributed by atoms with van der Waals surface area (Å²) >= 11 is 13.2. The molecule has 2 atom stereocenters. The minimum Gasteiger partial charge on any atom is -0.482 e. The average Bonchev–Trinajstić information content (AvgIpc) is 2.86. The summed E-state index contributed by atoms with van der Waals surface area (Å²) in [7, 11) is 0. The summed E-state index contributed by atoms with van der Waals surface area (Å²) in [6.07, 6.45) is 1.16. The van der Waals surface area contributed by atoms with Crippen LogP contribution in [0.3, 0.4) is 0 Å². The molecule has 0 radical (unpaired) electrons. The number of halogens is 3. The molecule has 190 valence electrons. The van der Waals surface area contributed by atoms with Gasteiger partial charge in [-0.25, -0.2) is 0 Å². The summed E-state index contributed by atoms with van der Waals surface area (Å²) in [6.45, 7) is 3.96. The highest BCUT2D eigenvalue weighted by Crippen LogP contribution is 2.28. The zero-order valence-electron chi connectivity index (χ0n) is 20.2. The Labute approximate surface area is 234 Å². The molecule has 5 nitrogen and oxygen atoms in total. The number of carbonyl (C=O) groups excluding carboxylic acids is 2. The number of nitrogens with zero attached hydrogens (tertiary/aromatic N) is 1. The number of ether oxygens (including phenoxy) is 1. The van der Waals surface area contributed by atoms with Crippen molar-refractivity contribution in [3.63, 3.8) is 0 Å². The SMILES string of the molecule is CC[C@@H](C)NC(=O)[C@@H](Cc1ccccc1)N(Cc1cccc(Br)c1)C(=O)COc1ccc(Br)cc1Cl. The minimum atomic E-state index is -0.725. The molecule has 0 spiro atoms. The fourth-order valence-corrected chi connectivity index (χ4v) is 4.82. The number of hydrogen-bond donors (Lipinski definition) is 1. The Hall–Kier alpha value is -2.35. The van der Waals surface area contributed by atoms with Crippen molar-refractivity contribution in [1.82, 2.24) is 10.2 Å². The predicted octanol–water partition coefficient (Wildman–Crippen LogP) is 6.80. The largest absolute Gasteiger partial charge is 0.482 e. The van der Waals surface area contributed by atoms with Gasteiger partial charge in [-0.1, -0.05) is 92.8 Å². The van der Waals surface area contributed by atoms with Crippen molar-refractivity contribution >= 4 is 55.3 Å². The second kappa shape index (κ2) is 13.8. The van der Waals surface area contributed by atoms with Crippen molar-refractivity contribution in [2.24, 2.45) is 0 Å². The topological polar surface area (TPSA) is 58.6 Å². The lowest BCUT2D eigenvalue weighted by molar-refractivity contribution is -0.143. The maximum absolute atomic E-state index is 13.6. The summed E-state index contributed by atoms with van der Waals surface area (Å²) in [5.74, 6) is -0.105. The molecule has 0 aromatic heterocycles. The van der Waals surface area contributed by atoms with E-state index < -0.39 is 6.04 Å². The number of hydrogen-bond acceptors (Lipinski definition) is 3. The van der Waals surface area contributed by atoms with Gasteiger partial charge in [0.1, 0.15) is 11.8 Å². The highest BCUT2D eigenvalue weighted by Gasteiger charge is 2.31. The van der Waals surface area contributed by atoms with E-state index in [1.54, 1.807) is 23.1 Å². The molecule has 0 bridgehead atoms. The highest BCUT2D eigenvalue weighted by molar-refractivity contribution is 9.10. The van der Waals surface area contributed by atoms with Crippen LogP contribution >= 0.6 is 43.5 Å². The summed E-state index contributed by atoms with van der Waals surface area (Å²) in [5, 5.41) is 3.46. The van der Waals surface area contributed by atoms with E-state index in [4.69, 9.17) is 16.3 Å². The maximum atomic E-state index is 13.6.